The highest BCUT2D eigenvalue weighted by Crippen LogP contribution is 2.51. The average molecular weight is 172 g/mol. The summed E-state index contributed by atoms with van der Waals surface area (Å²) in [6.45, 7) is 5.74. The van der Waals surface area contributed by atoms with Crippen molar-refractivity contribution in [2.24, 2.45) is 11.3 Å². The zero-order chi connectivity index (χ0) is 9.41. The van der Waals surface area contributed by atoms with Crippen molar-refractivity contribution in [1.29, 1.82) is 0 Å². The molecule has 1 fully saturated rings. The summed E-state index contributed by atoms with van der Waals surface area (Å²) in [6.07, 6.45) is -0.139. The van der Waals surface area contributed by atoms with E-state index in [1.165, 1.54) is 0 Å². The first-order chi connectivity index (χ1) is 5.33. The van der Waals surface area contributed by atoms with Gasteiger partial charge in [-0.3, -0.25) is 0 Å². The van der Waals surface area contributed by atoms with Crippen molar-refractivity contribution < 1.29 is 8.78 Å². The predicted octanol–water partition coefficient (Wildman–Crippen LogP) is 3.08. The maximum absolute atomic E-state index is 12.5. The number of rotatable bonds is 0. The van der Waals surface area contributed by atoms with Gasteiger partial charge in [-0.15, -0.1) is 0 Å². The van der Waals surface area contributed by atoms with Crippen LogP contribution in [0.2, 0.25) is 0 Å². The maximum Gasteiger partial charge on any atom is 0.251 e. The van der Waals surface area contributed by atoms with Gasteiger partial charge in [-0.25, -0.2) is 8.78 Å². The highest BCUT2D eigenvalue weighted by atomic mass is 19.3. The van der Waals surface area contributed by atoms with Gasteiger partial charge < -0.3 is 0 Å². The molecule has 0 amide bonds. The molecule has 12 heavy (non-hydrogen) atoms. The second kappa shape index (κ2) is 2.73. The Hall–Kier alpha value is -0.580. The molecule has 0 unspecified atom stereocenters. The van der Waals surface area contributed by atoms with E-state index in [1.54, 1.807) is 6.92 Å². The average Bonchev–Trinajstić information content (AvgIpc) is 1.79. The van der Waals surface area contributed by atoms with Crippen LogP contribution >= 0.6 is 0 Å². The number of hydrogen-bond acceptors (Lipinski definition) is 0. The SMILES string of the molecule is CC(C)C#CC1(C)CC(F)(F)C1. The molecule has 0 saturated heterocycles. The van der Waals surface area contributed by atoms with E-state index in [2.05, 4.69) is 11.8 Å². The Balaban J connectivity index is 2.52. The van der Waals surface area contributed by atoms with Crippen molar-refractivity contribution in [3.8, 4) is 11.8 Å². The zero-order valence-corrected chi connectivity index (χ0v) is 7.75. The summed E-state index contributed by atoms with van der Waals surface area (Å²) in [5.41, 5.74) is -0.423. The highest BCUT2D eigenvalue weighted by molar-refractivity contribution is 5.18. The Morgan fingerprint density at radius 3 is 2.08 bits per heavy atom. The molecular formula is C10H14F2. The minimum atomic E-state index is -2.46. The van der Waals surface area contributed by atoms with Crippen LogP contribution < -0.4 is 0 Å². The number of hydrogen-bond donors (Lipinski definition) is 0. The van der Waals surface area contributed by atoms with Gasteiger partial charge in [-0.05, 0) is 6.92 Å². The van der Waals surface area contributed by atoms with Gasteiger partial charge in [-0.1, -0.05) is 25.7 Å². The van der Waals surface area contributed by atoms with Gasteiger partial charge in [0.05, 0.1) is 0 Å². The summed E-state index contributed by atoms with van der Waals surface area (Å²) in [5.74, 6) is 3.68. The van der Waals surface area contributed by atoms with Crippen molar-refractivity contribution >= 4 is 0 Å². The molecular weight excluding hydrogens is 158 g/mol. The van der Waals surface area contributed by atoms with Crippen molar-refractivity contribution in [3.05, 3.63) is 0 Å². The van der Waals surface area contributed by atoms with Crippen molar-refractivity contribution in [2.45, 2.75) is 39.5 Å². The Morgan fingerprint density at radius 2 is 1.75 bits per heavy atom. The fourth-order valence-electron chi connectivity index (χ4n) is 1.50. The molecule has 0 radical (unpaired) electrons. The third-order valence-electron chi connectivity index (χ3n) is 1.96. The first kappa shape index (κ1) is 9.51. The first-order valence-electron chi connectivity index (χ1n) is 4.24. The summed E-state index contributed by atoms with van der Waals surface area (Å²) in [7, 11) is 0. The molecule has 0 aromatic rings. The Labute approximate surface area is 72.3 Å². The van der Waals surface area contributed by atoms with E-state index in [0.29, 0.717) is 0 Å². The van der Waals surface area contributed by atoms with E-state index >= 15 is 0 Å². The van der Waals surface area contributed by atoms with Crippen LogP contribution in [0.1, 0.15) is 33.6 Å². The normalized spacial score (nSPS) is 24.2. The lowest BCUT2D eigenvalue weighted by Gasteiger charge is -2.41. The molecule has 1 aliphatic carbocycles. The number of alkyl halides is 2. The molecule has 1 rings (SSSR count). The van der Waals surface area contributed by atoms with E-state index in [-0.39, 0.29) is 18.8 Å². The Morgan fingerprint density at radius 1 is 1.25 bits per heavy atom. The van der Waals surface area contributed by atoms with Crippen LogP contribution in [-0.2, 0) is 0 Å². The molecule has 0 heterocycles. The van der Waals surface area contributed by atoms with E-state index < -0.39 is 11.3 Å². The molecule has 0 aromatic heterocycles. The van der Waals surface area contributed by atoms with Crippen molar-refractivity contribution in [1.82, 2.24) is 0 Å². The lowest BCUT2D eigenvalue weighted by atomic mass is 9.68. The van der Waals surface area contributed by atoms with Crippen LogP contribution in [-0.4, -0.2) is 5.92 Å². The quantitative estimate of drug-likeness (QED) is 0.492. The Kier molecular flexibility index (Phi) is 2.16. The van der Waals surface area contributed by atoms with Crippen LogP contribution in [0, 0.1) is 23.2 Å². The minimum Gasteiger partial charge on any atom is -0.207 e. The second-order valence-corrected chi connectivity index (χ2v) is 4.19. The topological polar surface area (TPSA) is 0 Å². The molecule has 0 atom stereocenters. The Bertz CT molecular complexity index is 222. The lowest BCUT2D eigenvalue weighted by Crippen LogP contribution is -2.43. The minimum absolute atomic E-state index is 0.0697. The first-order valence-corrected chi connectivity index (χ1v) is 4.24. The molecule has 68 valence electrons. The van der Waals surface area contributed by atoms with E-state index in [0.717, 1.165) is 0 Å². The predicted molar refractivity (Wildman–Crippen MR) is 44.9 cm³/mol. The largest absolute Gasteiger partial charge is 0.251 e. The standard InChI is InChI=1S/C10H14F2/c1-8(2)4-5-9(3)6-10(11,12)7-9/h8H,6-7H2,1-3H3. The summed E-state index contributed by atoms with van der Waals surface area (Å²) >= 11 is 0. The maximum atomic E-state index is 12.5. The van der Waals surface area contributed by atoms with Crippen LogP contribution in [0.3, 0.4) is 0 Å². The molecule has 0 spiro atoms. The second-order valence-electron chi connectivity index (χ2n) is 4.19. The van der Waals surface area contributed by atoms with Gasteiger partial charge in [0, 0.05) is 24.2 Å². The fourth-order valence-corrected chi connectivity index (χ4v) is 1.50. The summed E-state index contributed by atoms with van der Waals surface area (Å²) < 4.78 is 25.0. The van der Waals surface area contributed by atoms with Gasteiger partial charge in [0.15, 0.2) is 0 Å². The number of halogens is 2. The zero-order valence-electron chi connectivity index (χ0n) is 7.75. The molecule has 0 nitrogen and oxygen atoms in total. The fraction of sp³-hybridized carbons (Fsp3) is 0.800. The molecule has 0 aliphatic heterocycles. The van der Waals surface area contributed by atoms with Crippen molar-refractivity contribution in [3.63, 3.8) is 0 Å². The van der Waals surface area contributed by atoms with Crippen LogP contribution in [0.5, 0.6) is 0 Å². The van der Waals surface area contributed by atoms with Gasteiger partial charge >= 0.3 is 0 Å². The van der Waals surface area contributed by atoms with Crippen molar-refractivity contribution in [2.75, 3.05) is 0 Å². The summed E-state index contributed by atoms with van der Waals surface area (Å²) in [5, 5.41) is 0. The highest BCUT2D eigenvalue weighted by Gasteiger charge is 2.52. The van der Waals surface area contributed by atoms with Gasteiger partial charge in [0.2, 0.25) is 0 Å². The van der Waals surface area contributed by atoms with Gasteiger partial charge in [0.25, 0.3) is 5.92 Å². The van der Waals surface area contributed by atoms with Crippen LogP contribution in [0.15, 0.2) is 0 Å². The molecule has 0 N–H and O–H groups in total. The van der Waals surface area contributed by atoms with E-state index in [4.69, 9.17) is 0 Å². The summed E-state index contributed by atoms with van der Waals surface area (Å²) in [4.78, 5) is 0. The van der Waals surface area contributed by atoms with Gasteiger partial charge in [0.1, 0.15) is 0 Å². The molecule has 0 aromatic carbocycles. The van der Waals surface area contributed by atoms with Gasteiger partial charge in [-0.2, -0.15) is 0 Å². The molecule has 1 aliphatic rings. The molecule has 2 heteroatoms. The molecule has 1 saturated carbocycles. The third kappa shape index (κ3) is 2.20. The van der Waals surface area contributed by atoms with E-state index in [9.17, 15) is 8.78 Å². The van der Waals surface area contributed by atoms with E-state index in [1.807, 2.05) is 13.8 Å². The van der Waals surface area contributed by atoms with Crippen LogP contribution in [0.25, 0.3) is 0 Å². The van der Waals surface area contributed by atoms with Crippen LogP contribution in [0.4, 0.5) is 8.78 Å². The molecule has 0 bridgehead atoms. The lowest BCUT2D eigenvalue weighted by molar-refractivity contribution is -0.130. The third-order valence-corrected chi connectivity index (χ3v) is 1.96. The smallest absolute Gasteiger partial charge is 0.207 e. The monoisotopic (exact) mass is 172 g/mol. The summed E-state index contributed by atoms with van der Waals surface area (Å²) in [6, 6.07) is 0.